The summed E-state index contributed by atoms with van der Waals surface area (Å²) in [5, 5.41) is 1.94. The van der Waals surface area contributed by atoms with Crippen LogP contribution < -0.4 is 10.5 Å². The third-order valence-electron chi connectivity index (χ3n) is 4.42. The molecule has 0 saturated heterocycles. The van der Waals surface area contributed by atoms with Crippen LogP contribution in [0, 0.1) is 18.8 Å². The van der Waals surface area contributed by atoms with Crippen molar-refractivity contribution in [3.05, 3.63) is 71.5 Å². The lowest BCUT2D eigenvalue weighted by molar-refractivity contribution is 0.340. The number of nitrogens with zero attached hydrogens (tertiary/aromatic N) is 2. The summed E-state index contributed by atoms with van der Waals surface area (Å²) in [6, 6.07) is 15.6. The van der Waals surface area contributed by atoms with E-state index < -0.39 is 0 Å². The topological polar surface area (TPSA) is 61.0 Å². The Morgan fingerprint density at radius 2 is 1.81 bits per heavy atom. The summed E-state index contributed by atoms with van der Waals surface area (Å²) in [6.45, 7) is 4.65. The first kappa shape index (κ1) is 16.9. The van der Waals surface area contributed by atoms with Crippen LogP contribution in [-0.2, 0) is 0 Å². The van der Waals surface area contributed by atoms with Crippen LogP contribution in [0.25, 0.3) is 21.8 Å². The molecule has 0 atom stereocenters. The van der Waals surface area contributed by atoms with Gasteiger partial charge in [-0.25, -0.2) is 4.98 Å². The van der Waals surface area contributed by atoms with Crippen LogP contribution in [0.2, 0.25) is 0 Å². The lowest BCUT2D eigenvalue weighted by Gasteiger charge is -2.08. The molecule has 4 nitrogen and oxygen atoms in total. The lowest BCUT2D eigenvalue weighted by Crippen LogP contribution is -1.94. The number of fused-ring (bicyclic) bond motifs is 3. The van der Waals surface area contributed by atoms with Gasteiger partial charge in [0.1, 0.15) is 11.4 Å². The zero-order valence-corrected chi connectivity index (χ0v) is 15.3. The fraction of sp³-hybridized carbons (Fsp3) is 0.130. The van der Waals surface area contributed by atoms with Crippen LogP contribution in [0.3, 0.4) is 0 Å². The predicted molar refractivity (Wildman–Crippen MR) is 110 cm³/mol. The summed E-state index contributed by atoms with van der Waals surface area (Å²) in [7, 11) is 0. The van der Waals surface area contributed by atoms with Gasteiger partial charge in [-0.3, -0.25) is 4.98 Å². The first-order valence-electron chi connectivity index (χ1n) is 8.85. The van der Waals surface area contributed by atoms with Gasteiger partial charge in [0.15, 0.2) is 0 Å². The minimum Gasteiger partial charge on any atom is -0.494 e. The van der Waals surface area contributed by atoms with Crippen LogP contribution in [0.15, 0.2) is 54.7 Å². The van der Waals surface area contributed by atoms with Gasteiger partial charge >= 0.3 is 0 Å². The molecule has 132 valence electrons. The van der Waals surface area contributed by atoms with Gasteiger partial charge in [-0.05, 0) is 67.8 Å². The number of aryl methyl sites for hydroxylation is 1. The Morgan fingerprint density at radius 1 is 1.00 bits per heavy atom. The zero-order valence-electron chi connectivity index (χ0n) is 15.3. The number of nitrogens with two attached hydrogens (primary N) is 1. The highest BCUT2D eigenvalue weighted by atomic mass is 16.5. The molecule has 0 aliphatic heterocycles. The number of anilines is 1. The summed E-state index contributed by atoms with van der Waals surface area (Å²) in [5.41, 5.74) is 11.3. The Labute approximate surface area is 158 Å². The number of aromatic nitrogens is 2. The monoisotopic (exact) mass is 353 g/mol. The van der Waals surface area contributed by atoms with Gasteiger partial charge in [0.25, 0.3) is 0 Å². The number of pyridine rings is 2. The molecule has 2 N–H and O–H groups in total. The second-order valence-corrected chi connectivity index (χ2v) is 6.29. The average Bonchev–Trinajstić information content (AvgIpc) is 2.70. The summed E-state index contributed by atoms with van der Waals surface area (Å²) >= 11 is 0. The van der Waals surface area contributed by atoms with E-state index in [1.807, 2.05) is 62.4 Å². The zero-order chi connectivity index (χ0) is 18.8. The van der Waals surface area contributed by atoms with Crippen molar-refractivity contribution in [3.8, 4) is 17.6 Å². The highest BCUT2D eigenvalue weighted by Gasteiger charge is 2.08. The van der Waals surface area contributed by atoms with Crippen molar-refractivity contribution in [1.82, 2.24) is 9.97 Å². The number of rotatable bonds is 2. The van der Waals surface area contributed by atoms with Gasteiger partial charge in [0.05, 0.1) is 23.8 Å². The molecule has 0 aliphatic rings. The molecule has 4 heteroatoms. The molecular weight excluding hydrogens is 334 g/mol. The van der Waals surface area contributed by atoms with Gasteiger partial charge in [-0.1, -0.05) is 12.0 Å². The van der Waals surface area contributed by atoms with E-state index in [2.05, 4.69) is 21.8 Å². The molecule has 0 fully saturated rings. The maximum Gasteiger partial charge on any atom is 0.119 e. The Bertz CT molecular complexity index is 1200. The predicted octanol–water partition coefficient (Wildman–Crippen LogP) is 4.47. The Morgan fingerprint density at radius 3 is 2.59 bits per heavy atom. The van der Waals surface area contributed by atoms with E-state index in [0.717, 1.165) is 38.7 Å². The number of ether oxygens (including phenoxy) is 1. The van der Waals surface area contributed by atoms with Crippen molar-refractivity contribution in [1.29, 1.82) is 0 Å². The van der Waals surface area contributed by atoms with Gasteiger partial charge < -0.3 is 10.5 Å². The molecule has 0 bridgehead atoms. The number of benzene rings is 2. The second kappa shape index (κ2) is 6.97. The molecule has 0 amide bonds. The van der Waals surface area contributed by atoms with Crippen LogP contribution in [0.1, 0.15) is 23.7 Å². The van der Waals surface area contributed by atoms with Gasteiger partial charge in [-0.15, -0.1) is 0 Å². The molecule has 2 aromatic heterocycles. The van der Waals surface area contributed by atoms with Crippen molar-refractivity contribution in [2.24, 2.45) is 0 Å². The SMILES string of the molecule is CCOc1ccc(C#Cc2ccc3c(cnc4c(C)ccc(N)c43)n2)cc1. The highest BCUT2D eigenvalue weighted by Crippen LogP contribution is 2.29. The van der Waals surface area contributed by atoms with E-state index in [1.54, 1.807) is 6.20 Å². The van der Waals surface area contributed by atoms with E-state index >= 15 is 0 Å². The highest BCUT2D eigenvalue weighted by molar-refractivity contribution is 6.11. The fourth-order valence-corrected chi connectivity index (χ4v) is 3.08. The molecule has 4 rings (SSSR count). The minimum absolute atomic E-state index is 0.652. The first-order chi connectivity index (χ1) is 13.2. The fourth-order valence-electron chi connectivity index (χ4n) is 3.08. The van der Waals surface area contributed by atoms with E-state index in [9.17, 15) is 0 Å². The van der Waals surface area contributed by atoms with Crippen molar-refractivity contribution in [2.75, 3.05) is 12.3 Å². The van der Waals surface area contributed by atoms with Gasteiger partial charge in [-0.2, -0.15) is 0 Å². The maximum atomic E-state index is 6.19. The Balaban J connectivity index is 1.72. The van der Waals surface area contributed by atoms with Crippen LogP contribution in [0.5, 0.6) is 5.75 Å². The summed E-state index contributed by atoms with van der Waals surface area (Å²) in [5.74, 6) is 7.10. The molecule has 2 aromatic carbocycles. The summed E-state index contributed by atoms with van der Waals surface area (Å²) in [6.07, 6.45) is 1.78. The van der Waals surface area contributed by atoms with Crippen molar-refractivity contribution >= 4 is 27.5 Å². The van der Waals surface area contributed by atoms with E-state index in [0.29, 0.717) is 18.0 Å². The number of hydrogen-bond acceptors (Lipinski definition) is 4. The molecule has 0 unspecified atom stereocenters. The smallest absolute Gasteiger partial charge is 0.119 e. The second-order valence-electron chi connectivity index (χ2n) is 6.29. The Hall–Kier alpha value is -3.58. The lowest BCUT2D eigenvalue weighted by atomic mass is 10.0. The standard InChI is InChI=1S/C23H19N3O/c1-3-27-18-10-6-16(7-11-18)5-8-17-9-12-19-21(26-17)14-25-23-15(2)4-13-20(24)22(19)23/h4,6-7,9-14H,3,24H2,1-2H3. The normalized spacial score (nSPS) is 10.6. The summed E-state index contributed by atoms with van der Waals surface area (Å²) < 4.78 is 5.45. The van der Waals surface area contributed by atoms with Crippen LogP contribution in [-0.4, -0.2) is 16.6 Å². The first-order valence-corrected chi connectivity index (χ1v) is 8.85. The van der Waals surface area contributed by atoms with Crippen LogP contribution >= 0.6 is 0 Å². The average molecular weight is 353 g/mol. The maximum absolute atomic E-state index is 6.19. The third-order valence-corrected chi connectivity index (χ3v) is 4.42. The Kier molecular flexibility index (Phi) is 4.35. The van der Waals surface area contributed by atoms with Crippen molar-refractivity contribution in [3.63, 3.8) is 0 Å². The molecule has 0 aliphatic carbocycles. The van der Waals surface area contributed by atoms with Gasteiger partial charge in [0.2, 0.25) is 0 Å². The minimum atomic E-state index is 0.652. The van der Waals surface area contributed by atoms with Crippen molar-refractivity contribution < 1.29 is 4.74 Å². The van der Waals surface area contributed by atoms with E-state index in [1.165, 1.54) is 0 Å². The molecule has 27 heavy (non-hydrogen) atoms. The third kappa shape index (κ3) is 3.28. The van der Waals surface area contributed by atoms with Gasteiger partial charge in [0, 0.05) is 22.0 Å². The van der Waals surface area contributed by atoms with Crippen molar-refractivity contribution in [2.45, 2.75) is 13.8 Å². The van der Waals surface area contributed by atoms with Crippen LogP contribution in [0.4, 0.5) is 5.69 Å². The molecule has 2 heterocycles. The molecule has 0 saturated carbocycles. The summed E-state index contributed by atoms with van der Waals surface area (Å²) in [4.78, 5) is 9.19. The number of hydrogen-bond donors (Lipinski definition) is 1. The quantitative estimate of drug-likeness (QED) is 0.328. The molecule has 4 aromatic rings. The largest absolute Gasteiger partial charge is 0.494 e. The number of nitrogen functional groups attached to an aromatic ring is 1. The van der Waals surface area contributed by atoms with E-state index in [4.69, 9.17) is 10.5 Å². The van der Waals surface area contributed by atoms with E-state index in [-0.39, 0.29) is 0 Å². The molecule has 0 spiro atoms. The molecule has 0 radical (unpaired) electrons. The molecular formula is C23H19N3O.